The van der Waals surface area contributed by atoms with Crippen LogP contribution in [0.3, 0.4) is 0 Å². The van der Waals surface area contributed by atoms with Crippen LogP contribution in [-0.4, -0.2) is 21.4 Å². The van der Waals surface area contributed by atoms with Crippen LogP contribution in [0.4, 0.5) is 0 Å². The Morgan fingerprint density at radius 2 is 2.00 bits per heavy atom. The van der Waals surface area contributed by atoms with Crippen molar-refractivity contribution in [2.75, 3.05) is 0 Å². The molecule has 0 radical (unpaired) electrons. The van der Waals surface area contributed by atoms with Crippen molar-refractivity contribution in [3.05, 3.63) is 36.0 Å². The fourth-order valence-electron chi connectivity index (χ4n) is 1.31. The molecule has 2 rings (SSSR count). The Hall–Kier alpha value is -2.21. The van der Waals surface area contributed by atoms with Crippen LogP contribution < -0.4 is 5.73 Å². The maximum atomic E-state index is 10.7. The second-order valence-corrected chi connectivity index (χ2v) is 3.18. The molecule has 0 aliphatic rings. The summed E-state index contributed by atoms with van der Waals surface area (Å²) in [7, 11) is 0. The van der Waals surface area contributed by atoms with Crippen molar-refractivity contribution in [1.29, 1.82) is 0 Å². The smallest absolute Gasteiger partial charge is 0.326 e. The SMILES string of the molecule is NC(C(=O)O)c1nonc1-c1ccccc1. The standard InChI is InChI=1S/C10H9N3O3/c11-7(10(14)15)9-8(12-16-13-9)6-4-2-1-3-5-6/h1-5,7H,11H2,(H,14,15). The predicted octanol–water partition coefficient (Wildman–Crippen LogP) is 0.821. The molecule has 0 spiro atoms. The quantitative estimate of drug-likeness (QED) is 0.792. The Morgan fingerprint density at radius 3 is 2.62 bits per heavy atom. The number of carbonyl (C=O) groups is 1. The van der Waals surface area contributed by atoms with E-state index in [1.807, 2.05) is 6.07 Å². The Labute approximate surface area is 90.7 Å². The molecule has 1 unspecified atom stereocenters. The number of hydrogen-bond acceptors (Lipinski definition) is 5. The van der Waals surface area contributed by atoms with E-state index in [1.165, 1.54) is 0 Å². The first kappa shape index (κ1) is 10.3. The third kappa shape index (κ3) is 1.78. The lowest BCUT2D eigenvalue weighted by Crippen LogP contribution is -2.21. The number of nitrogens with zero attached hydrogens (tertiary/aromatic N) is 2. The highest BCUT2D eigenvalue weighted by atomic mass is 16.6. The summed E-state index contributed by atoms with van der Waals surface area (Å²) >= 11 is 0. The third-order valence-corrected chi connectivity index (χ3v) is 2.12. The van der Waals surface area contributed by atoms with Crippen molar-refractivity contribution >= 4 is 5.97 Å². The van der Waals surface area contributed by atoms with Crippen LogP contribution in [0.25, 0.3) is 11.3 Å². The maximum absolute atomic E-state index is 10.7. The molecule has 3 N–H and O–H groups in total. The summed E-state index contributed by atoms with van der Waals surface area (Å²) in [5.74, 6) is -1.17. The van der Waals surface area contributed by atoms with Crippen LogP contribution in [0.15, 0.2) is 35.0 Å². The van der Waals surface area contributed by atoms with Crippen molar-refractivity contribution in [3.8, 4) is 11.3 Å². The molecule has 0 bridgehead atoms. The zero-order chi connectivity index (χ0) is 11.5. The number of hydrogen-bond donors (Lipinski definition) is 2. The second-order valence-electron chi connectivity index (χ2n) is 3.18. The zero-order valence-electron chi connectivity index (χ0n) is 8.20. The van der Waals surface area contributed by atoms with Crippen molar-refractivity contribution < 1.29 is 14.5 Å². The highest BCUT2D eigenvalue weighted by Crippen LogP contribution is 2.23. The van der Waals surface area contributed by atoms with E-state index in [-0.39, 0.29) is 5.69 Å². The van der Waals surface area contributed by atoms with Crippen LogP contribution in [-0.2, 0) is 4.79 Å². The van der Waals surface area contributed by atoms with E-state index in [1.54, 1.807) is 24.3 Å². The Morgan fingerprint density at radius 1 is 1.31 bits per heavy atom. The maximum Gasteiger partial charge on any atom is 0.326 e. The van der Waals surface area contributed by atoms with E-state index in [2.05, 4.69) is 14.9 Å². The Bertz CT molecular complexity index is 495. The van der Waals surface area contributed by atoms with Crippen molar-refractivity contribution in [3.63, 3.8) is 0 Å². The summed E-state index contributed by atoms with van der Waals surface area (Å²) in [6.07, 6.45) is 0. The first-order valence-electron chi connectivity index (χ1n) is 4.56. The molecule has 0 saturated carbocycles. The minimum atomic E-state index is -1.23. The molecular formula is C10H9N3O3. The lowest BCUT2D eigenvalue weighted by molar-refractivity contribution is -0.138. The Kier molecular flexibility index (Phi) is 2.65. The minimum absolute atomic E-state index is 0.124. The molecule has 1 aromatic heterocycles. The van der Waals surface area contributed by atoms with Gasteiger partial charge < -0.3 is 10.8 Å². The van der Waals surface area contributed by atoms with Crippen molar-refractivity contribution in [2.24, 2.45) is 5.73 Å². The van der Waals surface area contributed by atoms with Gasteiger partial charge >= 0.3 is 5.97 Å². The van der Waals surface area contributed by atoms with Gasteiger partial charge in [-0.15, -0.1) is 0 Å². The van der Waals surface area contributed by atoms with E-state index in [0.29, 0.717) is 5.69 Å². The van der Waals surface area contributed by atoms with Crippen LogP contribution in [0.2, 0.25) is 0 Å². The molecule has 0 aliphatic heterocycles. The molecule has 6 heteroatoms. The fourth-order valence-corrected chi connectivity index (χ4v) is 1.31. The zero-order valence-corrected chi connectivity index (χ0v) is 8.20. The summed E-state index contributed by atoms with van der Waals surface area (Å²) in [5.41, 5.74) is 6.66. The van der Waals surface area contributed by atoms with E-state index in [0.717, 1.165) is 5.56 Å². The second kappa shape index (κ2) is 4.11. The lowest BCUT2D eigenvalue weighted by Gasteiger charge is -2.03. The summed E-state index contributed by atoms with van der Waals surface area (Å²) in [6, 6.07) is 7.77. The van der Waals surface area contributed by atoms with Crippen LogP contribution in [0, 0.1) is 0 Å². The van der Waals surface area contributed by atoms with Crippen LogP contribution in [0.5, 0.6) is 0 Å². The molecular weight excluding hydrogens is 210 g/mol. The van der Waals surface area contributed by atoms with Gasteiger partial charge in [0.25, 0.3) is 0 Å². The van der Waals surface area contributed by atoms with Gasteiger partial charge in [-0.25, -0.2) is 4.63 Å². The van der Waals surface area contributed by atoms with Crippen LogP contribution in [0.1, 0.15) is 11.7 Å². The van der Waals surface area contributed by atoms with Gasteiger partial charge in [0.2, 0.25) is 0 Å². The summed E-state index contributed by atoms with van der Waals surface area (Å²) in [4.78, 5) is 10.7. The number of rotatable bonds is 3. The molecule has 1 heterocycles. The molecule has 1 atom stereocenters. The number of benzene rings is 1. The van der Waals surface area contributed by atoms with Gasteiger partial charge in [-0.1, -0.05) is 35.5 Å². The van der Waals surface area contributed by atoms with Gasteiger partial charge in [0, 0.05) is 5.56 Å². The number of aliphatic carboxylic acids is 1. The number of carboxylic acids is 1. The van der Waals surface area contributed by atoms with Gasteiger partial charge in [-0.05, 0) is 5.16 Å². The average molecular weight is 219 g/mol. The first-order chi connectivity index (χ1) is 7.70. The van der Waals surface area contributed by atoms with E-state index < -0.39 is 12.0 Å². The third-order valence-electron chi connectivity index (χ3n) is 2.12. The molecule has 1 aromatic carbocycles. The largest absolute Gasteiger partial charge is 0.480 e. The lowest BCUT2D eigenvalue weighted by atomic mass is 10.1. The molecule has 16 heavy (non-hydrogen) atoms. The summed E-state index contributed by atoms with van der Waals surface area (Å²) in [6.45, 7) is 0. The molecule has 6 nitrogen and oxygen atoms in total. The molecule has 0 fully saturated rings. The van der Waals surface area contributed by atoms with Gasteiger partial charge in [0.1, 0.15) is 11.4 Å². The topological polar surface area (TPSA) is 102 Å². The molecule has 0 amide bonds. The monoisotopic (exact) mass is 219 g/mol. The van der Waals surface area contributed by atoms with E-state index in [9.17, 15) is 4.79 Å². The van der Waals surface area contributed by atoms with Gasteiger partial charge in [-0.2, -0.15) is 0 Å². The van der Waals surface area contributed by atoms with Crippen LogP contribution >= 0.6 is 0 Å². The Balaban J connectivity index is 2.44. The average Bonchev–Trinajstić information content (AvgIpc) is 2.77. The predicted molar refractivity (Wildman–Crippen MR) is 54.3 cm³/mol. The van der Waals surface area contributed by atoms with Crippen molar-refractivity contribution in [1.82, 2.24) is 10.3 Å². The molecule has 82 valence electrons. The molecule has 0 saturated heterocycles. The van der Waals surface area contributed by atoms with Gasteiger partial charge in [0.15, 0.2) is 6.04 Å². The molecule has 0 aliphatic carbocycles. The first-order valence-corrected chi connectivity index (χ1v) is 4.56. The molecule has 2 aromatic rings. The van der Waals surface area contributed by atoms with Gasteiger partial charge in [-0.3, -0.25) is 4.79 Å². The summed E-state index contributed by atoms with van der Waals surface area (Å²) in [5, 5.41) is 16.0. The van der Waals surface area contributed by atoms with E-state index >= 15 is 0 Å². The highest BCUT2D eigenvalue weighted by Gasteiger charge is 2.24. The highest BCUT2D eigenvalue weighted by molar-refractivity contribution is 5.77. The normalized spacial score (nSPS) is 12.3. The minimum Gasteiger partial charge on any atom is -0.480 e. The van der Waals surface area contributed by atoms with E-state index in [4.69, 9.17) is 10.8 Å². The van der Waals surface area contributed by atoms with Crippen molar-refractivity contribution in [2.45, 2.75) is 6.04 Å². The number of aromatic nitrogens is 2. The fraction of sp³-hybridized carbons (Fsp3) is 0.100. The van der Waals surface area contributed by atoms with Gasteiger partial charge in [0.05, 0.1) is 0 Å². The number of carboxylic acid groups (broad SMARTS) is 1. The number of nitrogens with two attached hydrogens (primary N) is 1. The summed E-state index contributed by atoms with van der Waals surface area (Å²) < 4.78 is 4.53.